The van der Waals surface area contributed by atoms with Crippen LogP contribution in [-0.4, -0.2) is 23.4 Å². The molecule has 2 rings (SSSR count). The average Bonchev–Trinajstić information content (AvgIpc) is 2.65. The molecule has 0 saturated heterocycles. The molecule has 0 aliphatic carbocycles. The van der Waals surface area contributed by atoms with E-state index < -0.39 is 6.09 Å². The van der Waals surface area contributed by atoms with E-state index in [9.17, 15) is 9.59 Å². The van der Waals surface area contributed by atoms with Crippen LogP contribution < -0.4 is 0 Å². The zero-order valence-electron chi connectivity index (χ0n) is 15.1. The average molecular weight is 341 g/mol. The predicted octanol–water partition coefficient (Wildman–Crippen LogP) is 5.33. The van der Waals surface area contributed by atoms with Gasteiger partial charge in [0.2, 0.25) is 0 Å². The standard InChI is InChI=1S/C21H27NO3/c1-3-5-6-8-11-17-14-15-22(21(24)25-4-2)16-19(17)20(23)18-12-9-7-10-13-18/h7,9-10,12-17H,3-6,8,11H2,1-2H3. The topological polar surface area (TPSA) is 46.6 Å². The van der Waals surface area contributed by atoms with Crippen molar-refractivity contribution in [2.75, 3.05) is 6.61 Å². The first-order chi connectivity index (χ1) is 12.2. The summed E-state index contributed by atoms with van der Waals surface area (Å²) in [6.07, 6.45) is 10.4. The molecule has 1 heterocycles. The third kappa shape index (κ3) is 5.31. The quantitative estimate of drug-likeness (QED) is 0.474. The highest BCUT2D eigenvalue weighted by Gasteiger charge is 2.26. The van der Waals surface area contributed by atoms with E-state index in [4.69, 9.17) is 4.74 Å². The summed E-state index contributed by atoms with van der Waals surface area (Å²) in [5, 5.41) is 0. The maximum Gasteiger partial charge on any atom is 0.417 e. The third-order valence-corrected chi connectivity index (χ3v) is 4.30. The second kappa shape index (κ2) is 9.82. The fourth-order valence-electron chi connectivity index (χ4n) is 2.93. The minimum atomic E-state index is -0.457. The normalized spacial score (nSPS) is 16.5. The molecule has 1 atom stereocenters. The van der Waals surface area contributed by atoms with Crippen LogP contribution in [0.3, 0.4) is 0 Å². The van der Waals surface area contributed by atoms with Crippen LogP contribution in [0.2, 0.25) is 0 Å². The lowest BCUT2D eigenvalue weighted by atomic mass is 9.87. The molecule has 0 aromatic heterocycles. The number of carbonyl (C=O) groups excluding carboxylic acids is 2. The number of Topliss-reactive ketones (excluding diaryl/α,β-unsaturated/α-hetero) is 1. The highest BCUT2D eigenvalue weighted by atomic mass is 16.5. The molecule has 0 fully saturated rings. The van der Waals surface area contributed by atoms with Crippen LogP contribution in [0.4, 0.5) is 4.79 Å². The highest BCUT2D eigenvalue weighted by Crippen LogP contribution is 2.28. The zero-order chi connectivity index (χ0) is 18.1. The van der Waals surface area contributed by atoms with Crippen LogP contribution in [0.5, 0.6) is 0 Å². The number of nitrogens with zero attached hydrogens (tertiary/aromatic N) is 1. The molecule has 1 aromatic carbocycles. The number of carbonyl (C=O) groups is 2. The Labute approximate surface area is 150 Å². The second-order valence-corrected chi connectivity index (χ2v) is 6.18. The van der Waals surface area contributed by atoms with Crippen LogP contribution in [0.25, 0.3) is 0 Å². The molecule has 1 aliphatic heterocycles. The van der Waals surface area contributed by atoms with Crippen molar-refractivity contribution in [2.45, 2.75) is 46.0 Å². The van der Waals surface area contributed by atoms with Crippen molar-refractivity contribution in [3.8, 4) is 0 Å². The Balaban J connectivity index is 2.18. The molecule has 25 heavy (non-hydrogen) atoms. The van der Waals surface area contributed by atoms with E-state index >= 15 is 0 Å². The van der Waals surface area contributed by atoms with Gasteiger partial charge in [-0.1, -0.05) is 69.0 Å². The van der Waals surface area contributed by atoms with Crippen molar-refractivity contribution in [1.82, 2.24) is 4.90 Å². The van der Waals surface area contributed by atoms with E-state index in [1.807, 2.05) is 36.4 Å². The van der Waals surface area contributed by atoms with E-state index in [2.05, 4.69) is 6.92 Å². The Kier molecular flexibility index (Phi) is 7.45. The lowest BCUT2D eigenvalue weighted by Crippen LogP contribution is -2.27. The van der Waals surface area contributed by atoms with Crippen molar-refractivity contribution < 1.29 is 14.3 Å². The van der Waals surface area contributed by atoms with E-state index in [0.29, 0.717) is 17.7 Å². The maximum absolute atomic E-state index is 12.9. The molecule has 1 amide bonds. The Hall–Kier alpha value is -2.36. The maximum atomic E-state index is 12.9. The molecule has 0 spiro atoms. The van der Waals surface area contributed by atoms with Crippen LogP contribution >= 0.6 is 0 Å². The van der Waals surface area contributed by atoms with Gasteiger partial charge in [-0.15, -0.1) is 0 Å². The van der Waals surface area contributed by atoms with Crippen molar-refractivity contribution >= 4 is 11.9 Å². The first-order valence-corrected chi connectivity index (χ1v) is 9.12. The summed E-state index contributed by atoms with van der Waals surface area (Å²) in [5.74, 6) is 0.00924. The number of unbranched alkanes of at least 4 members (excludes halogenated alkanes) is 3. The molecule has 134 valence electrons. The SMILES string of the molecule is CCCCCCC1C=CN(C(=O)OCC)C=C1C(=O)c1ccccc1. The number of hydrogen-bond acceptors (Lipinski definition) is 3. The molecular weight excluding hydrogens is 314 g/mol. The van der Waals surface area contributed by atoms with Crippen molar-refractivity contribution in [3.63, 3.8) is 0 Å². The Morgan fingerprint density at radius 2 is 1.84 bits per heavy atom. The molecule has 0 bridgehead atoms. The number of ether oxygens (including phenoxy) is 1. The molecular formula is C21H27NO3. The second-order valence-electron chi connectivity index (χ2n) is 6.18. The van der Waals surface area contributed by atoms with Crippen LogP contribution in [-0.2, 0) is 4.74 Å². The lowest BCUT2D eigenvalue weighted by Gasteiger charge is -2.25. The molecule has 0 saturated carbocycles. The van der Waals surface area contributed by atoms with Gasteiger partial charge in [0.15, 0.2) is 5.78 Å². The van der Waals surface area contributed by atoms with E-state index in [1.54, 1.807) is 19.3 Å². The summed E-state index contributed by atoms with van der Waals surface area (Å²) in [6.45, 7) is 4.25. The molecule has 0 radical (unpaired) electrons. The largest absolute Gasteiger partial charge is 0.449 e. The minimum absolute atomic E-state index is 0.0280. The summed E-state index contributed by atoms with van der Waals surface area (Å²) in [7, 11) is 0. The van der Waals surface area contributed by atoms with Crippen molar-refractivity contribution in [3.05, 3.63) is 59.9 Å². The fraction of sp³-hybridized carbons (Fsp3) is 0.429. The molecule has 1 unspecified atom stereocenters. The number of allylic oxidation sites excluding steroid dienone is 2. The van der Waals surface area contributed by atoms with Gasteiger partial charge in [0, 0.05) is 29.5 Å². The van der Waals surface area contributed by atoms with Gasteiger partial charge >= 0.3 is 6.09 Å². The van der Waals surface area contributed by atoms with Gasteiger partial charge in [-0.25, -0.2) is 4.79 Å². The van der Waals surface area contributed by atoms with Gasteiger partial charge in [-0.2, -0.15) is 0 Å². The van der Waals surface area contributed by atoms with Crippen LogP contribution in [0.1, 0.15) is 56.3 Å². The number of amides is 1. The number of benzene rings is 1. The molecule has 4 heteroatoms. The Morgan fingerprint density at radius 3 is 2.52 bits per heavy atom. The molecule has 1 aliphatic rings. The Bertz CT molecular complexity index is 634. The third-order valence-electron chi connectivity index (χ3n) is 4.30. The van der Waals surface area contributed by atoms with Gasteiger partial charge in [0.25, 0.3) is 0 Å². The number of ketones is 1. The van der Waals surface area contributed by atoms with Gasteiger partial charge in [-0.3, -0.25) is 9.69 Å². The minimum Gasteiger partial charge on any atom is -0.449 e. The monoisotopic (exact) mass is 341 g/mol. The first kappa shape index (κ1) is 19.0. The first-order valence-electron chi connectivity index (χ1n) is 9.12. The molecule has 0 N–H and O–H groups in total. The van der Waals surface area contributed by atoms with Crippen molar-refractivity contribution in [2.24, 2.45) is 5.92 Å². The summed E-state index contributed by atoms with van der Waals surface area (Å²) in [5.41, 5.74) is 1.30. The summed E-state index contributed by atoms with van der Waals surface area (Å²) >= 11 is 0. The number of rotatable bonds is 8. The summed E-state index contributed by atoms with van der Waals surface area (Å²) in [6, 6.07) is 9.21. The van der Waals surface area contributed by atoms with Crippen LogP contribution in [0, 0.1) is 5.92 Å². The van der Waals surface area contributed by atoms with Gasteiger partial charge in [0.05, 0.1) is 6.61 Å². The fourth-order valence-corrected chi connectivity index (χ4v) is 2.93. The summed E-state index contributed by atoms with van der Waals surface area (Å²) < 4.78 is 5.04. The predicted molar refractivity (Wildman–Crippen MR) is 99.1 cm³/mol. The highest BCUT2D eigenvalue weighted by molar-refractivity contribution is 6.09. The van der Waals surface area contributed by atoms with Crippen molar-refractivity contribution in [1.29, 1.82) is 0 Å². The van der Waals surface area contributed by atoms with Crippen LogP contribution in [0.15, 0.2) is 54.4 Å². The smallest absolute Gasteiger partial charge is 0.417 e. The van der Waals surface area contributed by atoms with E-state index in [1.165, 1.54) is 17.7 Å². The van der Waals surface area contributed by atoms with E-state index in [-0.39, 0.29) is 11.7 Å². The number of hydrogen-bond donors (Lipinski definition) is 0. The van der Waals surface area contributed by atoms with Gasteiger partial charge < -0.3 is 4.74 Å². The Morgan fingerprint density at radius 1 is 1.08 bits per heavy atom. The summed E-state index contributed by atoms with van der Waals surface area (Å²) in [4.78, 5) is 26.3. The lowest BCUT2D eigenvalue weighted by molar-refractivity contribution is 0.102. The van der Waals surface area contributed by atoms with Gasteiger partial charge in [-0.05, 0) is 13.3 Å². The van der Waals surface area contributed by atoms with Gasteiger partial charge in [0.1, 0.15) is 0 Å². The molecule has 1 aromatic rings. The zero-order valence-corrected chi connectivity index (χ0v) is 15.1. The van der Waals surface area contributed by atoms with E-state index in [0.717, 1.165) is 19.3 Å². The molecule has 4 nitrogen and oxygen atoms in total.